The Hall–Kier alpha value is -3.14. The van der Waals surface area contributed by atoms with E-state index < -0.39 is 0 Å². The minimum Gasteiger partial charge on any atom is -0.339 e. The van der Waals surface area contributed by atoms with Crippen LogP contribution in [0.5, 0.6) is 0 Å². The zero-order chi connectivity index (χ0) is 17.8. The Kier molecular flexibility index (Phi) is 4.80. The first-order valence-electron chi connectivity index (χ1n) is 8.25. The van der Waals surface area contributed by atoms with E-state index in [4.69, 9.17) is 11.1 Å². The van der Waals surface area contributed by atoms with Gasteiger partial charge in [0, 0.05) is 44.4 Å². The van der Waals surface area contributed by atoms with Gasteiger partial charge >= 0.3 is 0 Å². The molecule has 0 radical (unpaired) electrons. The predicted octanol–water partition coefficient (Wildman–Crippen LogP) is 2.01. The number of fused-ring (bicyclic) bond motifs is 1. The highest BCUT2D eigenvalue weighted by atomic mass is 16.3. The molecule has 0 saturated heterocycles. The van der Waals surface area contributed by atoms with Gasteiger partial charge in [-0.2, -0.15) is 11.1 Å². The molecule has 7 nitrogen and oxygen atoms in total. The van der Waals surface area contributed by atoms with Crippen molar-refractivity contribution in [1.82, 2.24) is 9.47 Å². The number of nitroso groups, excluding NO2 is 1. The largest absolute Gasteiger partial charge is 0.339 e. The first-order chi connectivity index (χ1) is 12.1. The van der Waals surface area contributed by atoms with E-state index in [1.54, 1.807) is 18.2 Å². The molecule has 0 fully saturated rings. The van der Waals surface area contributed by atoms with Gasteiger partial charge in [0.15, 0.2) is 4.87 Å². The summed E-state index contributed by atoms with van der Waals surface area (Å²) in [4.78, 5) is 25.9. The molecule has 2 aromatic rings. The van der Waals surface area contributed by atoms with Crippen LogP contribution >= 0.6 is 0 Å². The summed E-state index contributed by atoms with van der Waals surface area (Å²) in [5.41, 5.74) is 3.13. The van der Waals surface area contributed by atoms with Crippen molar-refractivity contribution < 1.29 is 9.66 Å². The summed E-state index contributed by atoms with van der Waals surface area (Å²) < 4.78 is 1.86. The molecule has 1 aromatic heterocycles. The van der Waals surface area contributed by atoms with E-state index in [0.717, 1.165) is 17.5 Å². The van der Waals surface area contributed by atoms with Gasteiger partial charge in [0.2, 0.25) is 5.91 Å². The van der Waals surface area contributed by atoms with Gasteiger partial charge in [-0.15, -0.1) is 0 Å². The third-order valence-electron chi connectivity index (χ3n) is 4.54. The first kappa shape index (κ1) is 16.7. The van der Waals surface area contributed by atoms with Gasteiger partial charge in [-0.05, 0) is 36.1 Å². The normalized spacial score (nSPS) is 13.2. The number of benzene rings is 1. The number of nitrogens with two attached hydrogens (primary N) is 1. The van der Waals surface area contributed by atoms with E-state index in [-0.39, 0.29) is 5.91 Å². The van der Waals surface area contributed by atoms with E-state index in [9.17, 15) is 9.70 Å². The lowest BCUT2D eigenvalue weighted by atomic mass is 9.98. The quantitative estimate of drug-likeness (QED) is 0.512. The van der Waals surface area contributed by atoms with Crippen LogP contribution < -0.4 is 5.84 Å². The SMILES string of the molecule is N#Cc1cccn1CCCC(=O)N1CCc2ccc([N+](N)=O)cc2C1. The molecule has 25 heavy (non-hydrogen) atoms. The van der Waals surface area contributed by atoms with E-state index in [1.165, 1.54) is 0 Å². The van der Waals surface area contributed by atoms with Crippen molar-refractivity contribution in [2.24, 2.45) is 5.84 Å². The highest BCUT2D eigenvalue weighted by Crippen LogP contribution is 2.23. The van der Waals surface area contributed by atoms with Gasteiger partial charge in [0.05, 0.1) is 4.91 Å². The molecule has 0 spiro atoms. The van der Waals surface area contributed by atoms with Gasteiger partial charge in [-0.25, -0.2) is 0 Å². The van der Waals surface area contributed by atoms with Crippen LogP contribution in [0.15, 0.2) is 36.5 Å². The second-order valence-electron chi connectivity index (χ2n) is 6.15. The van der Waals surface area contributed by atoms with Crippen LogP contribution in [0.2, 0.25) is 0 Å². The number of hydrogen-bond donors (Lipinski definition) is 1. The van der Waals surface area contributed by atoms with Crippen LogP contribution in [-0.2, 0) is 24.3 Å². The number of carbonyl (C=O) groups excluding carboxylic acids is 1. The summed E-state index contributed by atoms with van der Waals surface area (Å²) in [5.74, 6) is 5.34. The maximum atomic E-state index is 12.5. The molecule has 1 aliphatic rings. The van der Waals surface area contributed by atoms with Crippen LogP contribution in [0.1, 0.15) is 29.7 Å². The lowest BCUT2D eigenvalue weighted by Crippen LogP contribution is -2.36. The number of aryl methyl sites for hydroxylation is 1. The summed E-state index contributed by atoms with van der Waals surface area (Å²) >= 11 is 0. The fourth-order valence-corrected chi connectivity index (χ4v) is 3.16. The molecule has 0 bridgehead atoms. The number of amides is 1. The number of nitriles is 1. The van der Waals surface area contributed by atoms with Crippen molar-refractivity contribution >= 4 is 11.6 Å². The molecular formula is C18H20N5O2+. The van der Waals surface area contributed by atoms with Crippen molar-refractivity contribution in [2.45, 2.75) is 32.4 Å². The minimum absolute atomic E-state index is 0.0912. The smallest absolute Gasteiger partial charge is 0.292 e. The molecule has 0 aliphatic carbocycles. The summed E-state index contributed by atoms with van der Waals surface area (Å²) in [6.45, 7) is 1.83. The van der Waals surface area contributed by atoms with Gasteiger partial charge in [0.1, 0.15) is 11.8 Å². The standard InChI is InChI=1S/C18H20N5O2/c19-12-17-3-1-8-21(17)9-2-4-18(24)22-10-7-14-5-6-16(23(20)25)11-15(14)13-22/h1,3,5-6,8,11H,2,4,7,9-10,13H2,(H2,20,25)/q+1. The highest BCUT2D eigenvalue weighted by molar-refractivity contribution is 5.76. The van der Waals surface area contributed by atoms with Crippen LogP contribution in [0.25, 0.3) is 0 Å². The molecule has 0 unspecified atom stereocenters. The maximum absolute atomic E-state index is 12.5. The summed E-state index contributed by atoms with van der Waals surface area (Å²) in [5, 5.41) is 8.99. The van der Waals surface area contributed by atoms with E-state index in [0.29, 0.717) is 48.7 Å². The van der Waals surface area contributed by atoms with Crippen LogP contribution in [0, 0.1) is 16.2 Å². The molecule has 128 valence electrons. The van der Waals surface area contributed by atoms with Gasteiger partial charge in [0.25, 0.3) is 5.69 Å². The highest BCUT2D eigenvalue weighted by Gasteiger charge is 2.22. The molecule has 1 aliphatic heterocycles. The molecule has 3 rings (SSSR count). The first-order valence-corrected chi connectivity index (χ1v) is 8.25. The molecule has 7 heteroatoms. The molecular weight excluding hydrogens is 318 g/mol. The minimum atomic E-state index is 0.0912. The van der Waals surface area contributed by atoms with Crippen molar-refractivity contribution in [3.63, 3.8) is 0 Å². The second-order valence-corrected chi connectivity index (χ2v) is 6.15. The Labute approximate surface area is 145 Å². The number of hydrogen-bond acceptors (Lipinski definition) is 3. The van der Waals surface area contributed by atoms with Crippen molar-refractivity contribution in [3.05, 3.63) is 58.3 Å². The fraction of sp³-hybridized carbons (Fsp3) is 0.333. The fourth-order valence-electron chi connectivity index (χ4n) is 3.16. The number of carbonyl (C=O) groups is 1. The number of hydrazine groups is 1. The average molecular weight is 338 g/mol. The van der Waals surface area contributed by atoms with Crippen molar-refractivity contribution in [2.75, 3.05) is 6.54 Å². The van der Waals surface area contributed by atoms with Crippen molar-refractivity contribution in [3.8, 4) is 6.07 Å². The van der Waals surface area contributed by atoms with Gasteiger partial charge in [-0.1, -0.05) is 6.07 Å². The maximum Gasteiger partial charge on any atom is 0.292 e. The molecule has 1 amide bonds. The molecule has 0 atom stereocenters. The van der Waals surface area contributed by atoms with Crippen molar-refractivity contribution in [1.29, 1.82) is 5.26 Å². The van der Waals surface area contributed by atoms with E-state index in [1.807, 2.05) is 27.8 Å². The van der Waals surface area contributed by atoms with Crippen LogP contribution in [-0.4, -0.2) is 26.8 Å². The summed E-state index contributed by atoms with van der Waals surface area (Å²) in [7, 11) is 0. The third-order valence-corrected chi connectivity index (χ3v) is 4.54. The molecule has 2 heterocycles. The Morgan fingerprint density at radius 1 is 1.32 bits per heavy atom. The average Bonchev–Trinajstić information content (AvgIpc) is 3.08. The topological polar surface area (TPSA) is 95.1 Å². The van der Waals surface area contributed by atoms with E-state index >= 15 is 0 Å². The van der Waals surface area contributed by atoms with Crippen LogP contribution in [0.3, 0.4) is 0 Å². The predicted molar refractivity (Wildman–Crippen MR) is 91.4 cm³/mol. The number of nitrogens with zero attached hydrogens (tertiary/aromatic N) is 4. The zero-order valence-corrected chi connectivity index (χ0v) is 13.9. The monoisotopic (exact) mass is 338 g/mol. The van der Waals surface area contributed by atoms with E-state index in [2.05, 4.69) is 6.07 Å². The van der Waals surface area contributed by atoms with Gasteiger partial charge in [-0.3, -0.25) is 4.79 Å². The Balaban J connectivity index is 1.58. The Morgan fingerprint density at radius 2 is 2.16 bits per heavy atom. The van der Waals surface area contributed by atoms with Gasteiger partial charge < -0.3 is 9.47 Å². The summed E-state index contributed by atoms with van der Waals surface area (Å²) in [6, 6.07) is 11.1. The molecule has 0 saturated carbocycles. The third kappa shape index (κ3) is 3.69. The lowest BCUT2D eigenvalue weighted by molar-refractivity contribution is -0.474. The Morgan fingerprint density at radius 3 is 2.92 bits per heavy atom. The molecule has 2 N–H and O–H groups in total. The second kappa shape index (κ2) is 7.18. The lowest BCUT2D eigenvalue weighted by Gasteiger charge is -2.28. The molecule has 1 aromatic carbocycles. The Bertz CT molecular complexity index is 849. The number of aromatic nitrogens is 1. The van der Waals surface area contributed by atoms with Crippen LogP contribution in [0.4, 0.5) is 5.69 Å². The zero-order valence-electron chi connectivity index (χ0n) is 13.9. The summed E-state index contributed by atoms with van der Waals surface area (Å²) in [6.07, 6.45) is 3.75. The number of rotatable bonds is 5.